The molecular formula is C27H28FN3O6. The summed E-state index contributed by atoms with van der Waals surface area (Å²) in [5.41, 5.74) is 1.37. The highest BCUT2D eigenvalue weighted by molar-refractivity contribution is 5.93. The van der Waals surface area contributed by atoms with Gasteiger partial charge in [0.15, 0.2) is 23.0 Å². The molecule has 0 saturated heterocycles. The topological polar surface area (TPSA) is 93.2 Å². The minimum Gasteiger partial charge on any atom is -0.493 e. The van der Waals surface area contributed by atoms with Gasteiger partial charge in [-0.05, 0) is 30.3 Å². The van der Waals surface area contributed by atoms with Gasteiger partial charge in [-0.2, -0.15) is 0 Å². The van der Waals surface area contributed by atoms with E-state index in [1.54, 1.807) is 44.6 Å². The van der Waals surface area contributed by atoms with Crippen LogP contribution >= 0.6 is 0 Å². The molecule has 0 saturated carbocycles. The zero-order valence-corrected chi connectivity index (χ0v) is 20.8. The summed E-state index contributed by atoms with van der Waals surface area (Å²) in [5, 5.41) is 4.03. The molecule has 1 heterocycles. The van der Waals surface area contributed by atoms with Crippen LogP contribution in [0.15, 0.2) is 60.9 Å². The largest absolute Gasteiger partial charge is 0.493 e. The van der Waals surface area contributed by atoms with Crippen LogP contribution in [0, 0.1) is 5.82 Å². The van der Waals surface area contributed by atoms with Crippen LogP contribution in [-0.4, -0.2) is 57.7 Å². The Morgan fingerprint density at radius 3 is 2.22 bits per heavy atom. The Kier molecular flexibility index (Phi) is 8.90. The monoisotopic (exact) mass is 509 g/mol. The van der Waals surface area contributed by atoms with Gasteiger partial charge in [-0.15, -0.1) is 0 Å². The maximum atomic E-state index is 13.5. The van der Waals surface area contributed by atoms with Crippen molar-refractivity contribution in [3.63, 3.8) is 0 Å². The molecule has 0 atom stereocenters. The van der Waals surface area contributed by atoms with Gasteiger partial charge in [-0.25, -0.2) is 14.4 Å². The van der Waals surface area contributed by atoms with E-state index in [0.717, 1.165) is 5.39 Å². The van der Waals surface area contributed by atoms with E-state index in [1.165, 1.54) is 25.6 Å². The SMILES string of the molecule is COCCOc1cc2ncnc(Nc3ccc(Oc4cccc(F)c4)c(OC)c3)c2cc1OCCOC. The third-order valence-corrected chi connectivity index (χ3v) is 5.24. The van der Waals surface area contributed by atoms with Crippen molar-refractivity contribution in [1.82, 2.24) is 9.97 Å². The van der Waals surface area contributed by atoms with Gasteiger partial charge in [0, 0.05) is 43.5 Å². The Hall–Kier alpha value is -4.15. The number of halogens is 1. The Morgan fingerprint density at radius 2 is 1.51 bits per heavy atom. The maximum Gasteiger partial charge on any atom is 0.169 e. The summed E-state index contributed by atoms with van der Waals surface area (Å²) in [6.45, 7) is 1.58. The van der Waals surface area contributed by atoms with E-state index in [-0.39, 0.29) is 5.82 Å². The second-order valence-electron chi connectivity index (χ2n) is 7.77. The van der Waals surface area contributed by atoms with Crippen LogP contribution in [0.5, 0.6) is 28.7 Å². The second kappa shape index (κ2) is 12.7. The Labute approximate surface area is 214 Å². The van der Waals surface area contributed by atoms with E-state index < -0.39 is 0 Å². The predicted molar refractivity (Wildman–Crippen MR) is 137 cm³/mol. The number of ether oxygens (including phenoxy) is 6. The molecule has 37 heavy (non-hydrogen) atoms. The molecule has 0 spiro atoms. The van der Waals surface area contributed by atoms with Crippen molar-refractivity contribution >= 4 is 22.4 Å². The summed E-state index contributed by atoms with van der Waals surface area (Å²) in [4.78, 5) is 8.82. The van der Waals surface area contributed by atoms with Crippen molar-refractivity contribution < 1.29 is 32.8 Å². The standard InChI is InChI=1S/C27H28FN3O6/c1-32-9-11-35-25-15-21-22(16-26(25)36-12-10-33-2)29-17-30-27(21)31-19-7-8-23(24(14-19)34-3)37-20-6-4-5-18(28)13-20/h4-8,13-17H,9-12H2,1-3H3,(H,29,30,31). The highest BCUT2D eigenvalue weighted by Gasteiger charge is 2.14. The average molecular weight is 510 g/mol. The molecule has 1 N–H and O–H groups in total. The minimum atomic E-state index is -0.386. The number of nitrogens with zero attached hydrogens (tertiary/aromatic N) is 2. The van der Waals surface area contributed by atoms with E-state index in [0.29, 0.717) is 72.2 Å². The highest BCUT2D eigenvalue weighted by atomic mass is 19.1. The van der Waals surface area contributed by atoms with Crippen molar-refractivity contribution in [2.45, 2.75) is 0 Å². The van der Waals surface area contributed by atoms with Crippen molar-refractivity contribution in [3.05, 3.63) is 66.7 Å². The summed E-state index contributed by atoms with van der Waals surface area (Å²) in [5.74, 6) is 2.53. The number of rotatable bonds is 13. The van der Waals surface area contributed by atoms with E-state index in [2.05, 4.69) is 15.3 Å². The lowest BCUT2D eigenvalue weighted by Crippen LogP contribution is -2.09. The Morgan fingerprint density at radius 1 is 0.757 bits per heavy atom. The lowest BCUT2D eigenvalue weighted by atomic mass is 10.2. The molecule has 0 unspecified atom stereocenters. The molecule has 0 bridgehead atoms. The number of hydrogen-bond acceptors (Lipinski definition) is 9. The molecule has 9 nitrogen and oxygen atoms in total. The van der Waals surface area contributed by atoms with Crippen LogP contribution in [0.2, 0.25) is 0 Å². The van der Waals surface area contributed by atoms with Crippen molar-refractivity contribution in [2.24, 2.45) is 0 Å². The van der Waals surface area contributed by atoms with Crippen LogP contribution in [-0.2, 0) is 9.47 Å². The molecule has 3 aromatic carbocycles. The van der Waals surface area contributed by atoms with Crippen LogP contribution in [0.4, 0.5) is 15.9 Å². The number of methoxy groups -OCH3 is 3. The van der Waals surface area contributed by atoms with Crippen molar-refractivity contribution in [2.75, 3.05) is 53.1 Å². The number of fused-ring (bicyclic) bond motifs is 1. The van der Waals surface area contributed by atoms with Gasteiger partial charge in [0.2, 0.25) is 0 Å². The molecule has 0 fully saturated rings. The first kappa shape index (κ1) is 25.9. The van der Waals surface area contributed by atoms with E-state index in [4.69, 9.17) is 28.4 Å². The zero-order valence-electron chi connectivity index (χ0n) is 20.8. The van der Waals surface area contributed by atoms with Gasteiger partial charge < -0.3 is 33.7 Å². The van der Waals surface area contributed by atoms with Crippen LogP contribution < -0.4 is 24.3 Å². The molecule has 0 amide bonds. The van der Waals surface area contributed by atoms with Gasteiger partial charge in [-0.3, -0.25) is 0 Å². The number of benzene rings is 3. The van der Waals surface area contributed by atoms with Crippen LogP contribution in [0.25, 0.3) is 10.9 Å². The normalized spacial score (nSPS) is 10.8. The molecule has 4 aromatic rings. The van der Waals surface area contributed by atoms with Gasteiger partial charge in [0.05, 0.1) is 25.8 Å². The Bertz CT molecular complexity index is 1340. The molecular weight excluding hydrogens is 481 g/mol. The lowest BCUT2D eigenvalue weighted by molar-refractivity contribution is 0.132. The first-order valence-electron chi connectivity index (χ1n) is 11.5. The first-order valence-corrected chi connectivity index (χ1v) is 11.5. The van der Waals surface area contributed by atoms with E-state index in [9.17, 15) is 4.39 Å². The van der Waals surface area contributed by atoms with Crippen LogP contribution in [0.1, 0.15) is 0 Å². The number of anilines is 2. The molecule has 0 aliphatic carbocycles. The molecule has 10 heteroatoms. The first-order chi connectivity index (χ1) is 18.1. The summed E-state index contributed by atoms with van der Waals surface area (Å²) >= 11 is 0. The molecule has 0 aliphatic heterocycles. The molecule has 194 valence electrons. The molecule has 0 aliphatic rings. The molecule has 0 radical (unpaired) electrons. The summed E-state index contributed by atoms with van der Waals surface area (Å²) in [6.07, 6.45) is 1.47. The van der Waals surface area contributed by atoms with Crippen molar-refractivity contribution in [3.8, 4) is 28.7 Å². The zero-order chi connectivity index (χ0) is 26.0. The third kappa shape index (κ3) is 6.75. The maximum absolute atomic E-state index is 13.5. The van der Waals surface area contributed by atoms with Crippen molar-refractivity contribution in [1.29, 1.82) is 0 Å². The Balaban J connectivity index is 1.62. The van der Waals surface area contributed by atoms with Gasteiger partial charge >= 0.3 is 0 Å². The van der Waals surface area contributed by atoms with Gasteiger partial charge in [-0.1, -0.05) is 6.07 Å². The predicted octanol–water partition coefficient (Wildman–Crippen LogP) is 5.36. The molecule has 4 rings (SSSR count). The number of aromatic nitrogens is 2. The van der Waals surface area contributed by atoms with Gasteiger partial charge in [0.25, 0.3) is 0 Å². The summed E-state index contributed by atoms with van der Waals surface area (Å²) in [7, 11) is 4.75. The third-order valence-electron chi connectivity index (χ3n) is 5.24. The van der Waals surface area contributed by atoms with E-state index >= 15 is 0 Å². The minimum absolute atomic E-state index is 0.350. The second-order valence-corrected chi connectivity index (χ2v) is 7.77. The molecule has 1 aromatic heterocycles. The van der Waals surface area contributed by atoms with Gasteiger partial charge in [0.1, 0.15) is 36.9 Å². The summed E-state index contributed by atoms with van der Waals surface area (Å²) < 4.78 is 46.8. The summed E-state index contributed by atoms with van der Waals surface area (Å²) in [6, 6.07) is 14.8. The number of nitrogens with one attached hydrogen (secondary N) is 1. The van der Waals surface area contributed by atoms with E-state index in [1.807, 2.05) is 12.1 Å². The average Bonchev–Trinajstić information content (AvgIpc) is 2.90. The quantitative estimate of drug-likeness (QED) is 0.239. The number of hydrogen-bond donors (Lipinski definition) is 1. The highest BCUT2D eigenvalue weighted by Crippen LogP contribution is 2.37. The van der Waals surface area contributed by atoms with Crippen LogP contribution in [0.3, 0.4) is 0 Å². The smallest absolute Gasteiger partial charge is 0.169 e. The fourth-order valence-electron chi connectivity index (χ4n) is 3.48. The lowest BCUT2D eigenvalue weighted by Gasteiger charge is -2.16. The fourth-order valence-corrected chi connectivity index (χ4v) is 3.48. The fraction of sp³-hybridized carbons (Fsp3) is 0.259.